The quantitative estimate of drug-likeness (QED) is 0.263. The summed E-state index contributed by atoms with van der Waals surface area (Å²) in [7, 11) is 0. The van der Waals surface area contributed by atoms with Crippen molar-refractivity contribution < 1.29 is 4.42 Å². The molecule has 33 heavy (non-hydrogen) atoms. The molecule has 5 aromatic carbocycles. The minimum atomic E-state index is 0.939. The van der Waals surface area contributed by atoms with E-state index in [1.807, 2.05) is 0 Å². The second-order valence-corrected chi connectivity index (χ2v) is 8.96. The van der Waals surface area contributed by atoms with Crippen LogP contribution in [0, 0.1) is 0 Å². The molecule has 4 heterocycles. The molecule has 4 aromatic heterocycles. The van der Waals surface area contributed by atoms with Crippen LogP contribution in [0.5, 0.6) is 0 Å². The Balaban J connectivity index is 1.76. The summed E-state index contributed by atoms with van der Waals surface area (Å²) in [5, 5.41) is 7.58. The van der Waals surface area contributed by atoms with E-state index in [1.54, 1.807) is 0 Å². The van der Waals surface area contributed by atoms with E-state index >= 15 is 0 Å². The fraction of sp³-hybridized carbons (Fsp3) is 0. The summed E-state index contributed by atoms with van der Waals surface area (Å²) in [5.41, 5.74) is 9.21. The number of furan rings is 1. The second-order valence-electron chi connectivity index (χ2n) is 8.96. The summed E-state index contributed by atoms with van der Waals surface area (Å²) >= 11 is 0. The number of para-hydroxylation sites is 2. The molecule has 0 amide bonds. The van der Waals surface area contributed by atoms with Crippen molar-refractivity contribution >= 4 is 71.1 Å². The molecule has 152 valence electrons. The van der Waals surface area contributed by atoms with Crippen molar-refractivity contribution in [2.24, 2.45) is 0 Å². The molecule has 9 rings (SSSR count). The molecular weight excluding hydrogens is 404 g/mol. The second kappa shape index (κ2) is 5.28. The molecular formula is C30H16N2O. The van der Waals surface area contributed by atoms with Gasteiger partial charge in [-0.15, -0.1) is 0 Å². The maximum absolute atomic E-state index is 6.40. The fourth-order valence-electron chi connectivity index (χ4n) is 6.22. The van der Waals surface area contributed by atoms with Gasteiger partial charge in [0.2, 0.25) is 0 Å². The highest BCUT2D eigenvalue weighted by atomic mass is 16.3. The van der Waals surface area contributed by atoms with E-state index in [2.05, 4.69) is 106 Å². The number of hydrogen-bond donors (Lipinski definition) is 0. The highest BCUT2D eigenvalue weighted by Crippen LogP contribution is 2.48. The number of aromatic nitrogens is 2. The fourth-order valence-corrected chi connectivity index (χ4v) is 6.22. The summed E-state index contributed by atoms with van der Waals surface area (Å²) in [4.78, 5) is 0. The van der Waals surface area contributed by atoms with Crippen LogP contribution in [0.2, 0.25) is 0 Å². The Hall–Kier alpha value is -4.50. The first-order valence-electron chi connectivity index (χ1n) is 11.3. The lowest BCUT2D eigenvalue weighted by Gasteiger charge is -2.08. The van der Waals surface area contributed by atoms with Gasteiger partial charge in [-0.25, -0.2) is 0 Å². The summed E-state index contributed by atoms with van der Waals surface area (Å²) in [6.07, 6.45) is 0. The summed E-state index contributed by atoms with van der Waals surface area (Å²) in [5.74, 6) is 0. The van der Waals surface area contributed by atoms with Gasteiger partial charge in [0, 0.05) is 32.6 Å². The first-order chi connectivity index (χ1) is 16.4. The lowest BCUT2D eigenvalue weighted by molar-refractivity contribution is 0.669. The zero-order chi connectivity index (χ0) is 21.3. The molecule has 0 saturated heterocycles. The van der Waals surface area contributed by atoms with Crippen LogP contribution in [0.15, 0.2) is 101 Å². The Bertz CT molecular complexity index is 2170. The molecule has 0 bridgehead atoms. The van der Waals surface area contributed by atoms with Crippen LogP contribution in [-0.2, 0) is 0 Å². The zero-order valence-electron chi connectivity index (χ0n) is 17.5. The van der Waals surface area contributed by atoms with Gasteiger partial charge < -0.3 is 13.4 Å². The Morgan fingerprint density at radius 1 is 0.455 bits per heavy atom. The minimum Gasteiger partial charge on any atom is -0.456 e. The van der Waals surface area contributed by atoms with Gasteiger partial charge in [-0.2, -0.15) is 0 Å². The lowest BCUT2D eigenvalue weighted by atomic mass is 10.0. The van der Waals surface area contributed by atoms with E-state index in [-0.39, 0.29) is 0 Å². The molecule has 0 spiro atoms. The van der Waals surface area contributed by atoms with Gasteiger partial charge in [0.25, 0.3) is 0 Å². The third-order valence-electron chi connectivity index (χ3n) is 7.42. The topological polar surface area (TPSA) is 22.5 Å². The average molecular weight is 420 g/mol. The molecule has 0 aliphatic heterocycles. The van der Waals surface area contributed by atoms with Crippen LogP contribution in [0.1, 0.15) is 0 Å². The van der Waals surface area contributed by atoms with Crippen LogP contribution in [-0.4, -0.2) is 8.97 Å². The largest absolute Gasteiger partial charge is 0.456 e. The number of rotatable bonds is 1. The highest BCUT2D eigenvalue weighted by molar-refractivity contribution is 6.37. The van der Waals surface area contributed by atoms with Gasteiger partial charge in [0.1, 0.15) is 11.2 Å². The Labute approximate surface area is 187 Å². The first-order valence-corrected chi connectivity index (χ1v) is 11.3. The molecule has 0 saturated carbocycles. The van der Waals surface area contributed by atoms with Gasteiger partial charge >= 0.3 is 0 Å². The molecule has 0 fully saturated rings. The minimum absolute atomic E-state index is 0.939. The lowest BCUT2D eigenvalue weighted by Crippen LogP contribution is -1.93. The first kappa shape index (κ1) is 16.2. The predicted octanol–water partition coefficient (Wildman–Crippen LogP) is 8.12. The molecule has 0 N–H and O–H groups in total. The van der Waals surface area contributed by atoms with E-state index < -0.39 is 0 Å². The number of hydrogen-bond acceptors (Lipinski definition) is 1. The summed E-state index contributed by atoms with van der Waals surface area (Å²) in [6, 6.07) is 34.8. The van der Waals surface area contributed by atoms with E-state index in [4.69, 9.17) is 4.42 Å². The maximum atomic E-state index is 6.40. The van der Waals surface area contributed by atoms with Crippen molar-refractivity contribution in [3.63, 3.8) is 0 Å². The molecule has 0 aliphatic rings. The number of fused-ring (bicyclic) bond motifs is 4. The van der Waals surface area contributed by atoms with Crippen molar-refractivity contribution in [3.05, 3.63) is 97.1 Å². The Morgan fingerprint density at radius 3 is 2.15 bits per heavy atom. The molecule has 9 aromatic rings. The number of benzene rings is 5. The van der Waals surface area contributed by atoms with Crippen LogP contribution in [0.25, 0.3) is 76.8 Å². The normalized spacial score (nSPS) is 12.8. The van der Waals surface area contributed by atoms with E-state index in [0.717, 1.165) is 11.2 Å². The zero-order valence-corrected chi connectivity index (χ0v) is 17.5. The Morgan fingerprint density at radius 2 is 1.21 bits per heavy atom. The van der Waals surface area contributed by atoms with Gasteiger partial charge in [0.05, 0.1) is 33.0 Å². The molecule has 0 atom stereocenters. The smallest absolute Gasteiger partial charge is 0.137 e. The third-order valence-corrected chi connectivity index (χ3v) is 7.42. The van der Waals surface area contributed by atoms with Crippen LogP contribution < -0.4 is 0 Å². The Kier molecular flexibility index (Phi) is 2.59. The van der Waals surface area contributed by atoms with E-state index in [1.165, 1.54) is 65.6 Å². The predicted molar refractivity (Wildman–Crippen MR) is 136 cm³/mol. The molecule has 0 unspecified atom stereocenters. The summed E-state index contributed by atoms with van der Waals surface area (Å²) in [6.45, 7) is 0. The van der Waals surface area contributed by atoms with Crippen molar-refractivity contribution in [3.8, 4) is 5.69 Å². The molecule has 0 aliphatic carbocycles. The van der Waals surface area contributed by atoms with Crippen LogP contribution in [0.4, 0.5) is 0 Å². The monoisotopic (exact) mass is 420 g/mol. The van der Waals surface area contributed by atoms with E-state index in [0.29, 0.717) is 0 Å². The van der Waals surface area contributed by atoms with Crippen molar-refractivity contribution in [2.75, 3.05) is 0 Å². The molecule has 3 heteroatoms. The SMILES string of the molecule is c1ccc(-n2c3ccc4oc5cccc6c5c4c3c3c2ccc2c4ccccc4n6c23)cc1. The summed E-state index contributed by atoms with van der Waals surface area (Å²) < 4.78 is 11.3. The molecule has 3 nitrogen and oxygen atoms in total. The average Bonchev–Trinajstić information content (AvgIpc) is 3.48. The van der Waals surface area contributed by atoms with Crippen molar-refractivity contribution in [1.82, 2.24) is 8.97 Å². The van der Waals surface area contributed by atoms with Crippen molar-refractivity contribution in [1.29, 1.82) is 0 Å². The maximum Gasteiger partial charge on any atom is 0.137 e. The van der Waals surface area contributed by atoms with Crippen molar-refractivity contribution in [2.45, 2.75) is 0 Å². The van der Waals surface area contributed by atoms with Gasteiger partial charge in [0.15, 0.2) is 0 Å². The van der Waals surface area contributed by atoms with E-state index in [9.17, 15) is 0 Å². The third kappa shape index (κ3) is 1.70. The van der Waals surface area contributed by atoms with Crippen LogP contribution >= 0.6 is 0 Å². The molecule has 0 radical (unpaired) electrons. The van der Waals surface area contributed by atoms with Gasteiger partial charge in [-0.05, 0) is 48.5 Å². The van der Waals surface area contributed by atoms with Gasteiger partial charge in [-0.1, -0.05) is 48.5 Å². The standard InChI is InChI=1S/C30H16N2O/c1-2-7-17(8-3-1)31-22-15-16-25-29-26-21(11-6-12-24(26)33-25)32-20-10-5-4-9-18(20)19-13-14-23(31)28(27(22)29)30(19)32/h1-16H. The van der Waals surface area contributed by atoms with Crippen LogP contribution in [0.3, 0.4) is 0 Å². The highest BCUT2D eigenvalue weighted by Gasteiger charge is 2.25. The number of nitrogens with zero attached hydrogens (tertiary/aromatic N) is 2. The van der Waals surface area contributed by atoms with Gasteiger partial charge in [-0.3, -0.25) is 0 Å².